The number of likely N-dealkylation sites (tertiary alicyclic amines) is 1. The normalized spacial score (nSPS) is 24.1. The highest BCUT2D eigenvalue weighted by molar-refractivity contribution is 5.87. The fourth-order valence-electron chi connectivity index (χ4n) is 3.88. The number of amides is 2. The second-order valence-corrected chi connectivity index (χ2v) is 6.72. The zero-order valence-electron chi connectivity index (χ0n) is 12.8. The molecule has 4 nitrogen and oxygen atoms in total. The molecule has 0 unspecified atom stereocenters. The summed E-state index contributed by atoms with van der Waals surface area (Å²) in [7, 11) is 0. The van der Waals surface area contributed by atoms with Crippen molar-refractivity contribution in [3.63, 3.8) is 0 Å². The van der Waals surface area contributed by atoms with Crippen LogP contribution in [0.4, 0.5) is 0 Å². The van der Waals surface area contributed by atoms with E-state index in [4.69, 9.17) is 0 Å². The molecule has 116 valence electrons. The average molecular weight is 290 g/mol. The fourth-order valence-corrected chi connectivity index (χ4v) is 3.88. The number of piperidine rings is 1. The zero-order valence-corrected chi connectivity index (χ0v) is 12.8. The van der Waals surface area contributed by atoms with E-state index in [-0.39, 0.29) is 11.8 Å². The van der Waals surface area contributed by atoms with Crippen molar-refractivity contribution in [3.05, 3.63) is 12.7 Å². The van der Waals surface area contributed by atoms with Gasteiger partial charge in [-0.3, -0.25) is 9.59 Å². The summed E-state index contributed by atoms with van der Waals surface area (Å²) >= 11 is 0. The Morgan fingerprint density at radius 1 is 0.952 bits per heavy atom. The van der Waals surface area contributed by atoms with Crippen LogP contribution in [0.3, 0.4) is 0 Å². The third-order valence-corrected chi connectivity index (χ3v) is 5.24. The highest BCUT2D eigenvalue weighted by atomic mass is 16.2. The third-order valence-electron chi connectivity index (χ3n) is 5.24. The van der Waals surface area contributed by atoms with Crippen LogP contribution >= 0.6 is 0 Å². The molecular formula is C17H26N2O2. The average Bonchev–Trinajstić information content (AvgIpc) is 3.21. The number of carbonyl (C=O) groups excluding carboxylic acids is 2. The molecule has 3 fully saturated rings. The van der Waals surface area contributed by atoms with Crippen LogP contribution in [0, 0.1) is 5.92 Å². The Kier molecular flexibility index (Phi) is 4.32. The number of hydrogen-bond acceptors (Lipinski definition) is 2. The van der Waals surface area contributed by atoms with Gasteiger partial charge in [0.2, 0.25) is 11.8 Å². The van der Waals surface area contributed by atoms with E-state index in [2.05, 4.69) is 11.5 Å². The number of hydrogen-bond donors (Lipinski definition) is 0. The Hall–Kier alpha value is -1.32. The molecule has 0 aromatic heterocycles. The van der Waals surface area contributed by atoms with Gasteiger partial charge in [0.25, 0.3) is 0 Å². The van der Waals surface area contributed by atoms with Gasteiger partial charge in [-0.05, 0) is 44.6 Å². The summed E-state index contributed by atoms with van der Waals surface area (Å²) in [6.07, 6.45) is 10.3. The Balaban J connectivity index is 1.59. The van der Waals surface area contributed by atoms with E-state index in [1.807, 2.05) is 4.90 Å². The monoisotopic (exact) mass is 290 g/mol. The molecule has 2 saturated carbocycles. The minimum Gasteiger partial charge on any atom is -0.339 e. The zero-order chi connectivity index (χ0) is 14.8. The second-order valence-electron chi connectivity index (χ2n) is 6.72. The van der Waals surface area contributed by atoms with Gasteiger partial charge in [-0.1, -0.05) is 19.4 Å². The van der Waals surface area contributed by atoms with Crippen LogP contribution in [0.25, 0.3) is 0 Å². The third kappa shape index (κ3) is 3.14. The smallest absolute Gasteiger partial charge is 0.245 e. The summed E-state index contributed by atoms with van der Waals surface area (Å²) in [5.41, 5.74) is 0. The molecule has 1 aliphatic heterocycles. The Morgan fingerprint density at radius 2 is 1.52 bits per heavy atom. The lowest BCUT2D eigenvalue weighted by molar-refractivity contribution is -0.142. The molecule has 4 heteroatoms. The van der Waals surface area contributed by atoms with Gasteiger partial charge in [0.05, 0.1) is 0 Å². The lowest BCUT2D eigenvalue weighted by Crippen LogP contribution is -2.47. The van der Waals surface area contributed by atoms with Gasteiger partial charge in [-0.2, -0.15) is 0 Å². The van der Waals surface area contributed by atoms with Crippen LogP contribution in [0.2, 0.25) is 0 Å². The quantitative estimate of drug-likeness (QED) is 0.746. The van der Waals surface area contributed by atoms with E-state index in [1.165, 1.54) is 44.6 Å². The maximum absolute atomic E-state index is 12.9. The van der Waals surface area contributed by atoms with Crippen LogP contribution < -0.4 is 0 Å². The predicted molar refractivity (Wildman–Crippen MR) is 81.6 cm³/mol. The van der Waals surface area contributed by atoms with E-state index in [1.54, 1.807) is 0 Å². The Bertz CT molecular complexity index is 417. The lowest BCUT2D eigenvalue weighted by atomic mass is 9.94. The lowest BCUT2D eigenvalue weighted by Gasteiger charge is -2.36. The molecule has 3 rings (SSSR count). The minimum absolute atomic E-state index is 0.00394. The molecule has 1 saturated heterocycles. The van der Waals surface area contributed by atoms with E-state index in [0.717, 1.165) is 12.8 Å². The van der Waals surface area contributed by atoms with E-state index >= 15 is 0 Å². The van der Waals surface area contributed by atoms with Crippen molar-refractivity contribution >= 4 is 11.8 Å². The summed E-state index contributed by atoms with van der Waals surface area (Å²) in [5, 5.41) is 0. The molecule has 0 N–H and O–H groups in total. The Labute approximate surface area is 127 Å². The topological polar surface area (TPSA) is 40.6 Å². The molecule has 2 amide bonds. The standard InChI is InChI=1S/C17H26N2O2/c1-2-16(20)18-11-9-13(10-12-18)17(21)19(15-7-8-15)14-5-3-4-6-14/h2,13-15H,1,3-12H2. The van der Waals surface area contributed by atoms with Gasteiger partial charge in [0, 0.05) is 31.1 Å². The molecule has 0 atom stereocenters. The molecule has 0 spiro atoms. The first-order valence-electron chi connectivity index (χ1n) is 8.44. The number of rotatable bonds is 4. The molecule has 0 aromatic rings. The minimum atomic E-state index is -0.00394. The summed E-state index contributed by atoms with van der Waals surface area (Å²) in [5.74, 6) is 0.492. The summed E-state index contributed by atoms with van der Waals surface area (Å²) in [6, 6.07) is 1.02. The van der Waals surface area contributed by atoms with Crippen molar-refractivity contribution in [3.8, 4) is 0 Å². The molecule has 0 radical (unpaired) electrons. The van der Waals surface area contributed by atoms with Crippen molar-refractivity contribution in [2.24, 2.45) is 5.92 Å². The maximum Gasteiger partial charge on any atom is 0.245 e. The summed E-state index contributed by atoms with van der Waals surface area (Å²) in [6.45, 7) is 4.93. The van der Waals surface area contributed by atoms with E-state index in [0.29, 0.717) is 31.1 Å². The summed E-state index contributed by atoms with van der Waals surface area (Å²) in [4.78, 5) is 28.6. The van der Waals surface area contributed by atoms with Gasteiger partial charge in [0.15, 0.2) is 0 Å². The molecule has 3 aliphatic rings. The number of carbonyl (C=O) groups is 2. The van der Waals surface area contributed by atoms with E-state index < -0.39 is 0 Å². The highest BCUT2D eigenvalue weighted by Crippen LogP contribution is 2.36. The molecule has 1 heterocycles. The van der Waals surface area contributed by atoms with Crippen molar-refractivity contribution < 1.29 is 9.59 Å². The van der Waals surface area contributed by atoms with Gasteiger partial charge in [-0.15, -0.1) is 0 Å². The maximum atomic E-state index is 12.9. The molecule has 0 aromatic carbocycles. The van der Waals surface area contributed by atoms with Gasteiger partial charge >= 0.3 is 0 Å². The SMILES string of the molecule is C=CC(=O)N1CCC(C(=O)N(C2CCCC2)C2CC2)CC1. The predicted octanol–water partition coefficient (Wildman–Crippen LogP) is 2.34. The van der Waals surface area contributed by atoms with Crippen LogP contribution in [-0.2, 0) is 9.59 Å². The second kappa shape index (κ2) is 6.20. The van der Waals surface area contributed by atoms with Crippen LogP contribution in [0.5, 0.6) is 0 Å². The largest absolute Gasteiger partial charge is 0.339 e. The van der Waals surface area contributed by atoms with Crippen LogP contribution in [0.15, 0.2) is 12.7 Å². The highest BCUT2D eigenvalue weighted by Gasteiger charge is 2.41. The molecular weight excluding hydrogens is 264 g/mol. The molecule has 0 bridgehead atoms. The van der Waals surface area contributed by atoms with Crippen molar-refractivity contribution in [1.29, 1.82) is 0 Å². The van der Waals surface area contributed by atoms with Crippen LogP contribution in [0.1, 0.15) is 51.4 Å². The van der Waals surface area contributed by atoms with Gasteiger partial charge in [0.1, 0.15) is 0 Å². The first-order chi connectivity index (χ1) is 10.2. The fraction of sp³-hybridized carbons (Fsp3) is 0.765. The van der Waals surface area contributed by atoms with Gasteiger partial charge in [-0.25, -0.2) is 0 Å². The van der Waals surface area contributed by atoms with Crippen molar-refractivity contribution in [2.45, 2.75) is 63.5 Å². The summed E-state index contributed by atoms with van der Waals surface area (Å²) < 4.78 is 0. The van der Waals surface area contributed by atoms with Crippen molar-refractivity contribution in [1.82, 2.24) is 9.80 Å². The van der Waals surface area contributed by atoms with Crippen molar-refractivity contribution in [2.75, 3.05) is 13.1 Å². The number of nitrogens with zero attached hydrogens (tertiary/aromatic N) is 2. The first-order valence-corrected chi connectivity index (χ1v) is 8.44. The Morgan fingerprint density at radius 3 is 2.05 bits per heavy atom. The molecule has 21 heavy (non-hydrogen) atoms. The molecule has 2 aliphatic carbocycles. The van der Waals surface area contributed by atoms with Crippen LogP contribution in [-0.4, -0.2) is 46.8 Å². The van der Waals surface area contributed by atoms with E-state index in [9.17, 15) is 9.59 Å². The van der Waals surface area contributed by atoms with Gasteiger partial charge < -0.3 is 9.80 Å². The first kappa shape index (κ1) is 14.6.